The van der Waals surface area contributed by atoms with E-state index in [1.165, 1.54) is 0 Å². The summed E-state index contributed by atoms with van der Waals surface area (Å²) < 4.78 is 0. The third-order valence-electron chi connectivity index (χ3n) is 2.34. The van der Waals surface area contributed by atoms with Gasteiger partial charge in [-0.3, -0.25) is 4.79 Å². The van der Waals surface area contributed by atoms with Crippen molar-refractivity contribution in [2.45, 2.75) is 33.2 Å². The van der Waals surface area contributed by atoms with E-state index in [9.17, 15) is 4.79 Å². The van der Waals surface area contributed by atoms with E-state index in [0.717, 1.165) is 0 Å². The van der Waals surface area contributed by atoms with Crippen LogP contribution in [0.5, 0.6) is 0 Å². The van der Waals surface area contributed by atoms with Gasteiger partial charge in [0.25, 0.3) is 0 Å². The number of nitrogens with zero attached hydrogens (tertiary/aromatic N) is 1. The first kappa shape index (κ1) is 14.9. The minimum atomic E-state index is -0.200. The highest BCUT2D eigenvalue weighted by atomic mass is 16.3. The first-order valence-corrected chi connectivity index (χ1v) is 5.39. The predicted octanol–water partition coefficient (Wildman–Crippen LogP) is 0.0129. The van der Waals surface area contributed by atoms with Crippen molar-refractivity contribution in [2.75, 3.05) is 19.7 Å². The molecule has 3 N–H and O–H groups in total. The van der Waals surface area contributed by atoms with Crippen molar-refractivity contribution in [1.29, 1.82) is 5.26 Å². The van der Waals surface area contributed by atoms with E-state index in [2.05, 4.69) is 10.6 Å². The molecule has 0 radical (unpaired) electrons. The molecule has 0 spiro atoms. The summed E-state index contributed by atoms with van der Waals surface area (Å²) in [7, 11) is 0. The number of rotatable bonds is 6. The fraction of sp³-hybridized carbons (Fsp3) is 0.818. The number of aliphatic hydroxyl groups excluding tert-OH is 1. The van der Waals surface area contributed by atoms with Crippen LogP contribution < -0.4 is 10.6 Å². The summed E-state index contributed by atoms with van der Waals surface area (Å²) in [5, 5.41) is 22.8. The molecule has 0 aromatic carbocycles. The van der Waals surface area contributed by atoms with Crippen molar-refractivity contribution >= 4 is 5.91 Å². The molecule has 0 aliphatic carbocycles. The first-order valence-electron chi connectivity index (χ1n) is 5.39. The molecule has 1 unspecified atom stereocenters. The van der Waals surface area contributed by atoms with Gasteiger partial charge in [0, 0.05) is 12.6 Å². The van der Waals surface area contributed by atoms with Crippen molar-refractivity contribution in [2.24, 2.45) is 5.41 Å². The molecule has 0 aromatic heterocycles. The molecule has 0 fully saturated rings. The Balaban J connectivity index is 4.03. The van der Waals surface area contributed by atoms with Gasteiger partial charge in [-0.25, -0.2) is 0 Å². The van der Waals surface area contributed by atoms with Crippen molar-refractivity contribution < 1.29 is 9.90 Å². The molecule has 16 heavy (non-hydrogen) atoms. The zero-order valence-electron chi connectivity index (χ0n) is 10.2. The Morgan fingerprint density at radius 2 is 2.12 bits per heavy atom. The lowest BCUT2D eigenvalue weighted by Gasteiger charge is -2.31. The highest BCUT2D eigenvalue weighted by Gasteiger charge is 2.23. The standard InChI is InChI=1S/C11H21N3O2/c1-11(2,3)9(4-7-15)14-8-10(16)13-6-5-12/h9,14-15H,4,6-8H2,1-3H3,(H,13,16). The highest BCUT2D eigenvalue weighted by Crippen LogP contribution is 2.21. The summed E-state index contributed by atoms with van der Waals surface area (Å²) in [6.07, 6.45) is 0.606. The van der Waals surface area contributed by atoms with Crippen LogP contribution in [0.3, 0.4) is 0 Å². The normalized spacial score (nSPS) is 12.9. The third-order valence-corrected chi connectivity index (χ3v) is 2.34. The van der Waals surface area contributed by atoms with Gasteiger partial charge in [-0.2, -0.15) is 5.26 Å². The van der Waals surface area contributed by atoms with Gasteiger partial charge in [0.2, 0.25) is 5.91 Å². The van der Waals surface area contributed by atoms with Crippen LogP contribution in [-0.2, 0) is 4.79 Å². The van der Waals surface area contributed by atoms with E-state index in [-0.39, 0.29) is 37.1 Å². The molecule has 0 rings (SSSR count). The van der Waals surface area contributed by atoms with E-state index in [4.69, 9.17) is 10.4 Å². The molecule has 0 aliphatic heterocycles. The quantitative estimate of drug-likeness (QED) is 0.558. The second kappa shape index (κ2) is 7.20. The van der Waals surface area contributed by atoms with E-state index >= 15 is 0 Å². The summed E-state index contributed by atoms with van der Waals surface area (Å²) in [6, 6.07) is 1.92. The SMILES string of the molecule is CC(C)(C)C(CCO)NCC(=O)NCC#N. The Bertz CT molecular complexity index is 253. The largest absolute Gasteiger partial charge is 0.396 e. The molecule has 92 valence electrons. The number of hydrogen-bond acceptors (Lipinski definition) is 4. The molecule has 5 heteroatoms. The van der Waals surface area contributed by atoms with E-state index in [1.54, 1.807) is 0 Å². The molecular weight excluding hydrogens is 206 g/mol. The van der Waals surface area contributed by atoms with Gasteiger partial charge in [0.05, 0.1) is 12.6 Å². The topological polar surface area (TPSA) is 85.2 Å². The minimum Gasteiger partial charge on any atom is -0.396 e. The van der Waals surface area contributed by atoms with Crippen molar-refractivity contribution in [3.8, 4) is 6.07 Å². The Kier molecular flexibility index (Phi) is 6.70. The van der Waals surface area contributed by atoms with Crippen LogP contribution in [0, 0.1) is 16.7 Å². The number of carbonyl (C=O) groups excluding carboxylic acids is 1. The lowest BCUT2D eigenvalue weighted by atomic mass is 9.85. The van der Waals surface area contributed by atoms with E-state index in [0.29, 0.717) is 6.42 Å². The zero-order chi connectivity index (χ0) is 12.6. The van der Waals surface area contributed by atoms with Gasteiger partial charge in [0.15, 0.2) is 0 Å². The van der Waals surface area contributed by atoms with Crippen molar-refractivity contribution in [3.63, 3.8) is 0 Å². The molecule has 0 aromatic rings. The second-order valence-corrected chi connectivity index (χ2v) is 4.75. The van der Waals surface area contributed by atoms with E-state index in [1.807, 2.05) is 26.8 Å². The van der Waals surface area contributed by atoms with Gasteiger partial charge in [-0.15, -0.1) is 0 Å². The average molecular weight is 227 g/mol. The van der Waals surface area contributed by atoms with Gasteiger partial charge in [-0.05, 0) is 11.8 Å². The van der Waals surface area contributed by atoms with Gasteiger partial charge >= 0.3 is 0 Å². The van der Waals surface area contributed by atoms with Crippen LogP contribution in [-0.4, -0.2) is 36.8 Å². The van der Waals surface area contributed by atoms with E-state index < -0.39 is 0 Å². The molecule has 1 atom stereocenters. The molecule has 0 saturated carbocycles. The van der Waals surface area contributed by atoms with Gasteiger partial charge in [0.1, 0.15) is 6.54 Å². The molecular formula is C11H21N3O2. The van der Waals surface area contributed by atoms with Crippen LogP contribution in [0.25, 0.3) is 0 Å². The smallest absolute Gasteiger partial charge is 0.234 e. The number of aliphatic hydroxyl groups is 1. The first-order chi connectivity index (χ1) is 7.41. The van der Waals surface area contributed by atoms with Crippen LogP contribution >= 0.6 is 0 Å². The lowest BCUT2D eigenvalue weighted by molar-refractivity contribution is -0.120. The zero-order valence-corrected chi connectivity index (χ0v) is 10.2. The van der Waals surface area contributed by atoms with Crippen LogP contribution in [0.2, 0.25) is 0 Å². The predicted molar refractivity (Wildman–Crippen MR) is 61.6 cm³/mol. The van der Waals surface area contributed by atoms with Crippen LogP contribution in [0.4, 0.5) is 0 Å². The van der Waals surface area contributed by atoms with Gasteiger partial charge in [-0.1, -0.05) is 20.8 Å². The van der Waals surface area contributed by atoms with Crippen LogP contribution in [0.1, 0.15) is 27.2 Å². The third kappa shape index (κ3) is 6.38. The van der Waals surface area contributed by atoms with Crippen molar-refractivity contribution in [1.82, 2.24) is 10.6 Å². The Morgan fingerprint density at radius 3 is 2.56 bits per heavy atom. The Hall–Kier alpha value is -1.12. The average Bonchev–Trinajstić information content (AvgIpc) is 2.19. The Morgan fingerprint density at radius 1 is 1.50 bits per heavy atom. The molecule has 5 nitrogen and oxygen atoms in total. The highest BCUT2D eigenvalue weighted by molar-refractivity contribution is 5.78. The number of carbonyl (C=O) groups is 1. The minimum absolute atomic E-state index is 0.0156. The molecule has 0 bridgehead atoms. The number of amides is 1. The molecule has 0 saturated heterocycles. The number of nitriles is 1. The number of hydrogen-bond donors (Lipinski definition) is 3. The lowest BCUT2D eigenvalue weighted by Crippen LogP contribution is -2.45. The maximum Gasteiger partial charge on any atom is 0.234 e. The summed E-state index contributed by atoms with van der Waals surface area (Å²) in [5.74, 6) is -0.200. The fourth-order valence-electron chi connectivity index (χ4n) is 1.39. The monoisotopic (exact) mass is 227 g/mol. The summed E-state index contributed by atoms with van der Waals surface area (Å²) in [4.78, 5) is 11.3. The maximum absolute atomic E-state index is 11.3. The fourth-order valence-corrected chi connectivity index (χ4v) is 1.39. The molecule has 1 amide bonds. The molecule has 0 aliphatic rings. The summed E-state index contributed by atoms with van der Waals surface area (Å²) in [6.45, 7) is 6.44. The van der Waals surface area contributed by atoms with Gasteiger partial charge < -0.3 is 15.7 Å². The summed E-state index contributed by atoms with van der Waals surface area (Å²) >= 11 is 0. The van der Waals surface area contributed by atoms with Crippen LogP contribution in [0.15, 0.2) is 0 Å². The Labute approximate surface area is 96.8 Å². The molecule has 0 heterocycles. The van der Waals surface area contributed by atoms with Crippen molar-refractivity contribution in [3.05, 3.63) is 0 Å². The number of nitrogens with one attached hydrogen (secondary N) is 2. The second-order valence-electron chi connectivity index (χ2n) is 4.75. The maximum atomic E-state index is 11.3. The summed E-state index contributed by atoms with van der Waals surface area (Å²) in [5.41, 5.74) is -0.0156.